The Morgan fingerprint density at radius 2 is 2.12 bits per heavy atom. The molecule has 1 heterocycles. The second-order valence-corrected chi connectivity index (χ2v) is 4.14. The van der Waals surface area contributed by atoms with Gasteiger partial charge in [-0.1, -0.05) is 31.5 Å². The average molecular weight is 215 g/mol. The highest BCUT2D eigenvalue weighted by atomic mass is 15.1. The third-order valence-electron chi connectivity index (χ3n) is 2.77. The van der Waals surface area contributed by atoms with E-state index >= 15 is 0 Å². The van der Waals surface area contributed by atoms with Gasteiger partial charge in [-0.2, -0.15) is 10.2 Å². The minimum atomic E-state index is 0.220. The van der Waals surface area contributed by atoms with Crippen molar-refractivity contribution in [3.05, 3.63) is 36.0 Å². The molecule has 1 atom stereocenters. The standard InChI is InChI=1S/C13H17N3/c1-2-5-11(14)8-10-9-15-16-13-7-4-3-6-12(10)13/h3-4,6-7,9,11H,2,5,8,14H2,1H3. The van der Waals surface area contributed by atoms with Crippen LogP contribution >= 0.6 is 0 Å². The van der Waals surface area contributed by atoms with Gasteiger partial charge >= 0.3 is 0 Å². The molecule has 1 aromatic carbocycles. The molecule has 0 bridgehead atoms. The normalized spacial score (nSPS) is 12.9. The van der Waals surface area contributed by atoms with E-state index in [1.54, 1.807) is 0 Å². The Balaban J connectivity index is 2.30. The van der Waals surface area contributed by atoms with Gasteiger partial charge in [-0.3, -0.25) is 0 Å². The van der Waals surface area contributed by atoms with Crippen molar-refractivity contribution in [3.8, 4) is 0 Å². The van der Waals surface area contributed by atoms with Crippen molar-refractivity contribution in [1.29, 1.82) is 0 Å². The summed E-state index contributed by atoms with van der Waals surface area (Å²) in [4.78, 5) is 0. The van der Waals surface area contributed by atoms with Crippen molar-refractivity contribution in [2.45, 2.75) is 32.2 Å². The van der Waals surface area contributed by atoms with Gasteiger partial charge in [0.15, 0.2) is 0 Å². The van der Waals surface area contributed by atoms with Crippen LogP contribution < -0.4 is 5.73 Å². The van der Waals surface area contributed by atoms with E-state index in [2.05, 4.69) is 23.2 Å². The molecule has 0 aliphatic heterocycles. The molecule has 0 aliphatic rings. The maximum Gasteiger partial charge on any atom is 0.0932 e. The Morgan fingerprint density at radius 3 is 2.94 bits per heavy atom. The monoisotopic (exact) mass is 215 g/mol. The van der Waals surface area contributed by atoms with Gasteiger partial charge in [0.05, 0.1) is 11.7 Å². The SMILES string of the molecule is CCCC(N)Cc1cnnc2ccccc12. The summed E-state index contributed by atoms with van der Waals surface area (Å²) in [7, 11) is 0. The summed E-state index contributed by atoms with van der Waals surface area (Å²) in [5.74, 6) is 0. The second kappa shape index (κ2) is 5.03. The molecule has 0 saturated heterocycles. The molecule has 3 heteroatoms. The first-order valence-electron chi connectivity index (χ1n) is 5.76. The number of hydrogen-bond donors (Lipinski definition) is 1. The molecule has 16 heavy (non-hydrogen) atoms. The van der Waals surface area contributed by atoms with Crippen LogP contribution in [-0.4, -0.2) is 16.2 Å². The maximum atomic E-state index is 6.06. The van der Waals surface area contributed by atoms with Crippen molar-refractivity contribution < 1.29 is 0 Å². The number of nitrogens with two attached hydrogens (primary N) is 1. The minimum absolute atomic E-state index is 0.220. The number of benzene rings is 1. The number of rotatable bonds is 4. The lowest BCUT2D eigenvalue weighted by Gasteiger charge is -2.11. The van der Waals surface area contributed by atoms with Crippen molar-refractivity contribution >= 4 is 10.9 Å². The smallest absolute Gasteiger partial charge is 0.0932 e. The first-order chi connectivity index (χ1) is 7.81. The van der Waals surface area contributed by atoms with Crippen LogP contribution in [0.3, 0.4) is 0 Å². The number of aromatic nitrogens is 2. The van der Waals surface area contributed by atoms with E-state index in [9.17, 15) is 0 Å². The van der Waals surface area contributed by atoms with Crippen LogP contribution in [0.1, 0.15) is 25.3 Å². The molecule has 84 valence electrons. The highest BCUT2D eigenvalue weighted by molar-refractivity contribution is 5.81. The van der Waals surface area contributed by atoms with Crippen LogP contribution in [0.5, 0.6) is 0 Å². The predicted molar refractivity (Wildman–Crippen MR) is 66.1 cm³/mol. The van der Waals surface area contributed by atoms with Crippen molar-refractivity contribution in [3.63, 3.8) is 0 Å². The predicted octanol–water partition coefficient (Wildman–Crippen LogP) is 2.30. The van der Waals surface area contributed by atoms with Crippen LogP contribution in [0.4, 0.5) is 0 Å². The molecule has 2 aromatic rings. The van der Waals surface area contributed by atoms with Gasteiger partial charge in [0, 0.05) is 11.4 Å². The maximum absolute atomic E-state index is 6.06. The first kappa shape index (κ1) is 11.0. The van der Waals surface area contributed by atoms with E-state index in [1.165, 1.54) is 10.9 Å². The van der Waals surface area contributed by atoms with E-state index in [-0.39, 0.29) is 6.04 Å². The Bertz CT molecular complexity index is 462. The second-order valence-electron chi connectivity index (χ2n) is 4.14. The third-order valence-corrected chi connectivity index (χ3v) is 2.77. The van der Waals surface area contributed by atoms with Gasteiger partial charge in [0.25, 0.3) is 0 Å². The molecule has 3 nitrogen and oxygen atoms in total. The van der Waals surface area contributed by atoms with Gasteiger partial charge in [0.2, 0.25) is 0 Å². The molecule has 0 fully saturated rings. The fourth-order valence-corrected chi connectivity index (χ4v) is 1.98. The fourth-order valence-electron chi connectivity index (χ4n) is 1.98. The Kier molecular flexibility index (Phi) is 3.47. The molecule has 2 rings (SSSR count). The van der Waals surface area contributed by atoms with E-state index in [4.69, 9.17) is 5.73 Å². The fraction of sp³-hybridized carbons (Fsp3) is 0.385. The lowest BCUT2D eigenvalue weighted by molar-refractivity contribution is 0.601. The van der Waals surface area contributed by atoms with Gasteiger partial charge in [-0.15, -0.1) is 0 Å². The zero-order valence-corrected chi connectivity index (χ0v) is 9.56. The van der Waals surface area contributed by atoms with E-state index in [0.717, 1.165) is 24.8 Å². The molecule has 0 amide bonds. The third kappa shape index (κ3) is 2.36. The lowest BCUT2D eigenvalue weighted by atomic mass is 10.0. The van der Waals surface area contributed by atoms with Gasteiger partial charge in [-0.05, 0) is 24.5 Å². The first-order valence-corrected chi connectivity index (χ1v) is 5.76. The van der Waals surface area contributed by atoms with Crippen LogP contribution in [0.25, 0.3) is 10.9 Å². The largest absolute Gasteiger partial charge is 0.327 e. The summed E-state index contributed by atoms with van der Waals surface area (Å²) in [5.41, 5.74) is 8.21. The van der Waals surface area contributed by atoms with Gasteiger partial charge < -0.3 is 5.73 Å². The van der Waals surface area contributed by atoms with Crippen LogP contribution in [0.2, 0.25) is 0 Å². The average Bonchev–Trinajstić information content (AvgIpc) is 2.30. The Hall–Kier alpha value is -1.48. The molecular weight excluding hydrogens is 198 g/mol. The number of nitrogens with zero attached hydrogens (tertiary/aromatic N) is 2. The topological polar surface area (TPSA) is 51.8 Å². The number of fused-ring (bicyclic) bond motifs is 1. The number of hydrogen-bond acceptors (Lipinski definition) is 3. The molecule has 0 aliphatic carbocycles. The van der Waals surface area contributed by atoms with Crippen molar-refractivity contribution in [2.24, 2.45) is 5.73 Å². The summed E-state index contributed by atoms with van der Waals surface area (Å²) in [6.45, 7) is 2.16. The molecular formula is C13H17N3. The summed E-state index contributed by atoms with van der Waals surface area (Å²) in [6, 6.07) is 8.29. The van der Waals surface area contributed by atoms with E-state index in [0.29, 0.717) is 0 Å². The molecule has 0 spiro atoms. The van der Waals surface area contributed by atoms with Crippen molar-refractivity contribution in [2.75, 3.05) is 0 Å². The molecule has 1 aromatic heterocycles. The lowest BCUT2D eigenvalue weighted by Crippen LogP contribution is -2.22. The Morgan fingerprint density at radius 1 is 1.31 bits per heavy atom. The molecule has 0 saturated carbocycles. The molecule has 2 N–H and O–H groups in total. The van der Waals surface area contributed by atoms with Crippen LogP contribution in [0, 0.1) is 0 Å². The minimum Gasteiger partial charge on any atom is -0.327 e. The van der Waals surface area contributed by atoms with Crippen molar-refractivity contribution in [1.82, 2.24) is 10.2 Å². The molecule has 1 unspecified atom stereocenters. The summed E-state index contributed by atoms with van der Waals surface area (Å²) in [5, 5.41) is 9.30. The van der Waals surface area contributed by atoms with Crippen LogP contribution in [0.15, 0.2) is 30.5 Å². The van der Waals surface area contributed by atoms with E-state index < -0.39 is 0 Å². The molecule has 0 radical (unpaired) electrons. The van der Waals surface area contributed by atoms with E-state index in [1.807, 2.05) is 24.4 Å². The highest BCUT2D eigenvalue weighted by Gasteiger charge is 2.07. The summed E-state index contributed by atoms with van der Waals surface area (Å²) < 4.78 is 0. The quantitative estimate of drug-likeness (QED) is 0.851. The zero-order chi connectivity index (χ0) is 11.4. The summed E-state index contributed by atoms with van der Waals surface area (Å²) >= 11 is 0. The summed E-state index contributed by atoms with van der Waals surface area (Å²) in [6.07, 6.45) is 4.88. The zero-order valence-electron chi connectivity index (χ0n) is 9.56. The van der Waals surface area contributed by atoms with Gasteiger partial charge in [-0.25, -0.2) is 0 Å². The highest BCUT2D eigenvalue weighted by Crippen LogP contribution is 2.16. The van der Waals surface area contributed by atoms with Gasteiger partial charge in [0.1, 0.15) is 0 Å². The Labute approximate surface area is 95.7 Å². The van der Waals surface area contributed by atoms with Crippen LogP contribution in [-0.2, 0) is 6.42 Å².